The number of aromatic nitrogens is 1. The number of thiazole rings is 1. The van der Waals surface area contributed by atoms with E-state index in [1.807, 2.05) is 6.07 Å². The summed E-state index contributed by atoms with van der Waals surface area (Å²) in [5.74, 6) is -2.61. The Morgan fingerprint density at radius 2 is 1.85 bits per heavy atom. The number of aliphatic carboxylic acids is 1. The Morgan fingerprint density at radius 3 is 2.50 bits per heavy atom. The fourth-order valence-electron chi connectivity index (χ4n) is 4.01. The number of halogens is 6. The lowest BCUT2D eigenvalue weighted by atomic mass is 9.98. The molecule has 40 heavy (non-hydrogen) atoms. The molecule has 4 nitrogen and oxygen atoms in total. The molecule has 210 valence electrons. The normalized spacial score (nSPS) is 12.4. The van der Waals surface area contributed by atoms with Gasteiger partial charge in [0.1, 0.15) is 22.4 Å². The lowest BCUT2D eigenvalue weighted by Gasteiger charge is -2.18. The van der Waals surface area contributed by atoms with Gasteiger partial charge in [0.05, 0.1) is 11.3 Å². The van der Waals surface area contributed by atoms with Gasteiger partial charge in [0.2, 0.25) is 0 Å². The molecule has 3 aromatic carbocycles. The summed E-state index contributed by atoms with van der Waals surface area (Å²) >= 11 is 9.09. The summed E-state index contributed by atoms with van der Waals surface area (Å²) in [5.41, 5.74) is 0.616. The molecule has 0 saturated heterocycles. The number of carboxylic acids is 1. The first-order valence-corrected chi connectivity index (χ1v) is 13.9. The van der Waals surface area contributed by atoms with E-state index in [1.165, 1.54) is 47.4 Å². The van der Waals surface area contributed by atoms with E-state index in [-0.39, 0.29) is 5.56 Å². The number of nitrogens with zero attached hydrogens (tertiary/aromatic N) is 1. The number of rotatable bonds is 9. The van der Waals surface area contributed by atoms with E-state index in [9.17, 15) is 26.7 Å². The van der Waals surface area contributed by atoms with E-state index in [0.29, 0.717) is 43.7 Å². The van der Waals surface area contributed by atoms with Crippen LogP contribution in [0.4, 0.5) is 22.0 Å². The van der Waals surface area contributed by atoms with Crippen LogP contribution in [0.5, 0.6) is 5.75 Å². The summed E-state index contributed by atoms with van der Waals surface area (Å²) < 4.78 is 72.9. The Balaban J connectivity index is 1.67. The fourth-order valence-corrected chi connectivity index (χ4v) is 6.68. The Bertz CT molecular complexity index is 1560. The third-order valence-corrected chi connectivity index (χ3v) is 8.67. The van der Waals surface area contributed by atoms with Gasteiger partial charge in [-0.05, 0) is 73.5 Å². The number of carbonyl (C=O) groups is 1. The highest BCUT2D eigenvalue weighted by Crippen LogP contribution is 2.42. The lowest BCUT2D eigenvalue weighted by Crippen LogP contribution is -2.10. The molecule has 0 aliphatic rings. The lowest BCUT2D eigenvalue weighted by molar-refractivity contribution is -0.140. The maximum absolute atomic E-state index is 14.3. The quantitative estimate of drug-likeness (QED) is 0.151. The third kappa shape index (κ3) is 6.94. The molecular formula is C28H21ClF5NO3S2. The van der Waals surface area contributed by atoms with Crippen molar-refractivity contribution in [1.82, 2.24) is 4.98 Å². The average Bonchev–Trinajstić information content (AvgIpc) is 3.26. The molecule has 0 amide bonds. The zero-order valence-electron chi connectivity index (χ0n) is 21.0. The van der Waals surface area contributed by atoms with Crippen LogP contribution in [0.25, 0.3) is 10.6 Å². The number of alkyl halides is 3. The molecule has 1 aromatic heterocycles. The number of carboxylic acid groups (broad SMARTS) is 1. The van der Waals surface area contributed by atoms with Crippen LogP contribution in [0.15, 0.2) is 59.5 Å². The van der Waals surface area contributed by atoms with Crippen LogP contribution in [0.1, 0.15) is 33.2 Å². The van der Waals surface area contributed by atoms with Gasteiger partial charge in [-0.3, -0.25) is 0 Å². The van der Waals surface area contributed by atoms with Crippen molar-refractivity contribution < 1.29 is 36.6 Å². The van der Waals surface area contributed by atoms with Crippen molar-refractivity contribution in [3.8, 4) is 16.3 Å². The molecule has 12 heteroatoms. The Hall–Kier alpha value is -3.15. The molecule has 4 rings (SSSR count). The molecule has 0 spiro atoms. The predicted octanol–water partition coefficient (Wildman–Crippen LogP) is 8.76. The number of thioether (sulfide) groups is 1. The zero-order valence-corrected chi connectivity index (χ0v) is 23.4. The second kappa shape index (κ2) is 12.2. The zero-order chi connectivity index (χ0) is 29.2. The van der Waals surface area contributed by atoms with Crippen LogP contribution in [0.3, 0.4) is 0 Å². The van der Waals surface area contributed by atoms with E-state index in [2.05, 4.69) is 4.98 Å². The van der Waals surface area contributed by atoms with E-state index in [4.69, 9.17) is 21.4 Å². The molecule has 4 aromatic rings. The number of aryl methyl sites for hydroxylation is 2. The molecular weight excluding hydrogens is 593 g/mol. The standard InChI is InChI=1S/C28H21ClF5NO3S2/c1-14-9-18(5-8-24(14)38-12-25(36)37)39-13-20(19-11-17(30)4-7-22(19)29)26-15(2)35-27(40-26)16-3-6-21(23(31)10-16)28(32,33)34/h3-11,20H,12-13H2,1-2H3,(H,36,37). The first kappa shape index (κ1) is 29.8. The van der Waals surface area contributed by atoms with E-state index in [0.717, 1.165) is 16.5 Å². The number of hydrogen-bond donors (Lipinski definition) is 1. The monoisotopic (exact) mass is 613 g/mol. The summed E-state index contributed by atoms with van der Waals surface area (Å²) in [4.78, 5) is 16.8. The first-order chi connectivity index (χ1) is 18.8. The molecule has 1 heterocycles. The van der Waals surface area contributed by atoms with Crippen molar-refractivity contribution in [2.45, 2.75) is 30.8 Å². The Labute approximate surface area is 239 Å². The van der Waals surface area contributed by atoms with Crippen LogP contribution in [0.2, 0.25) is 5.02 Å². The van der Waals surface area contributed by atoms with Crippen LogP contribution in [0, 0.1) is 25.5 Å². The van der Waals surface area contributed by atoms with Gasteiger partial charge in [0.25, 0.3) is 0 Å². The molecule has 0 aliphatic carbocycles. The molecule has 0 aliphatic heterocycles. The molecule has 0 saturated carbocycles. The topological polar surface area (TPSA) is 59.4 Å². The van der Waals surface area contributed by atoms with Gasteiger partial charge >= 0.3 is 12.1 Å². The van der Waals surface area contributed by atoms with Crippen molar-refractivity contribution in [1.29, 1.82) is 0 Å². The number of benzene rings is 3. The minimum atomic E-state index is -4.82. The summed E-state index contributed by atoms with van der Waals surface area (Å²) in [6.07, 6.45) is -4.82. The molecule has 0 bridgehead atoms. The van der Waals surface area contributed by atoms with Gasteiger partial charge in [-0.1, -0.05) is 17.7 Å². The average molecular weight is 614 g/mol. The summed E-state index contributed by atoms with van der Waals surface area (Å²) in [6, 6.07) is 12.0. The molecule has 1 unspecified atom stereocenters. The highest BCUT2D eigenvalue weighted by molar-refractivity contribution is 7.99. The first-order valence-electron chi connectivity index (χ1n) is 11.7. The van der Waals surface area contributed by atoms with Gasteiger partial charge < -0.3 is 9.84 Å². The van der Waals surface area contributed by atoms with Gasteiger partial charge in [-0.15, -0.1) is 23.1 Å². The smallest absolute Gasteiger partial charge is 0.419 e. The second-order valence-corrected chi connectivity index (χ2v) is 11.3. The van der Waals surface area contributed by atoms with Gasteiger partial charge in [-0.25, -0.2) is 18.6 Å². The minimum absolute atomic E-state index is 0.189. The van der Waals surface area contributed by atoms with Crippen molar-refractivity contribution >= 4 is 40.7 Å². The van der Waals surface area contributed by atoms with Crippen molar-refractivity contribution in [2.24, 2.45) is 0 Å². The highest BCUT2D eigenvalue weighted by atomic mass is 35.5. The molecule has 0 radical (unpaired) electrons. The molecule has 1 N–H and O–H groups in total. The van der Waals surface area contributed by atoms with Crippen LogP contribution < -0.4 is 4.74 Å². The second-order valence-electron chi connectivity index (χ2n) is 8.80. The summed E-state index contributed by atoms with van der Waals surface area (Å²) in [5, 5.41) is 9.49. The van der Waals surface area contributed by atoms with Crippen LogP contribution in [-0.4, -0.2) is 28.4 Å². The van der Waals surface area contributed by atoms with E-state index in [1.54, 1.807) is 26.0 Å². The highest BCUT2D eigenvalue weighted by Gasteiger charge is 2.34. The SMILES string of the molecule is Cc1cc(SCC(c2cc(F)ccc2Cl)c2sc(-c3ccc(C(F)(F)F)c(F)c3)nc2C)ccc1OCC(=O)O. The Kier molecular flexibility index (Phi) is 9.06. The Morgan fingerprint density at radius 1 is 1.10 bits per heavy atom. The summed E-state index contributed by atoms with van der Waals surface area (Å²) in [7, 11) is 0. The minimum Gasteiger partial charge on any atom is -0.482 e. The molecule has 1 atom stereocenters. The molecule has 0 fully saturated rings. The van der Waals surface area contributed by atoms with Gasteiger partial charge in [0, 0.05) is 32.0 Å². The van der Waals surface area contributed by atoms with Crippen molar-refractivity contribution in [2.75, 3.05) is 12.4 Å². The van der Waals surface area contributed by atoms with E-state index >= 15 is 0 Å². The maximum Gasteiger partial charge on any atom is 0.419 e. The maximum atomic E-state index is 14.3. The largest absolute Gasteiger partial charge is 0.482 e. The predicted molar refractivity (Wildman–Crippen MR) is 146 cm³/mol. The van der Waals surface area contributed by atoms with Gasteiger partial charge in [-0.2, -0.15) is 13.2 Å². The van der Waals surface area contributed by atoms with E-state index < -0.39 is 41.9 Å². The van der Waals surface area contributed by atoms with Crippen molar-refractivity contribution in [3.63, 3.8) is 0 Å². The number of hydrogen-bond acceptors (Lipinski definition) is 5. The van der Waals surface area contributed by atoms with Crippen LogP contribution >= 0.6 is 34.7 Å². The third-order valence-electron chi connectivity index (χ3n) is 5.92. The fraction of sp³-hybridized carbons (Fsp3) is 0.214. The van der Waals surface area contributed by atoms with Crippen molar-refractivity contribution in [3.05, 3.63) is 98.5 Å². The summed E-state index contributed by atoms with van der Waals surface area (Å²) in [6.45, 7) is 3.04. The van der Waals surface area contributed by atoms with Crippen LogP contribution in [-0.2, 0) is 11.0 Å². The number of ether oxygens (including phenoxy) is 1. The van der Waals surface area contributed by atoms with Gasteiger partial charge in [0.15, 0.2) is 6.61 Å².